The van der Waals surface area contributed by atoms with Crippen LogP contribution >= 0.6 is 0 Å². The summed E-state index contributed by atoms with van der Waals surface area (Å²) < 4.78 is 37.4. The summed E-state index contributed by atoms with van der Waals surface area (Å²) in [6.07, 6.45) is 6.12. The summed E-state index contributed by atoms with van der Waals surface area (Å²) in [5.74, 6) is -1.80. The summed E-state index contributed by atoms with van der Waals surface area (Å²) >= 11 is 0. The Morgan fingerprint density at radius 1 is 1.30 bits per heavy atom. The Morgan fingerprint density at radius 2 is 2.09 bits per heavy atom. The first kappa shape index (κ1) is 21.5. The average Bonchev–Trinajstić information content (AvgIpc) is 3.11. The van der Waals surface area contributed by atoms with E-state index in [0.29, 0.717) is 30.2 Å². The lowest BCUT2D eigenvalue weighted by molar-refractivity contribution is -0.198. The summed E-state index contributed by atoms with van der Waals surface area (Å²) in [7, 11) is 0. The number of ether oxygens (including phenoxy) is 1. The van der Waals surface area contributed by atoms with Crippen molar-refractivity contribution in [2.45, 2.75) is 64.1 Å². The Labute approximate surface area is 189 Å². The van der Waals surface area contributed by atoms with Crippen molar-refractivity contribution in [3.63, 3.8) is 0 Å². The van der Waals surface area contributed by atoms with Gasteiger partial charge in [0.25, 0.3) is 0 Å². The minimum Gasteiger partial charge on any atom is -0.472 e. The maximum atomic E-state index is 13.1. The van der Waals surface area contributed by atoms with Crippen LogP contribution in [-0.2, 0) is 16.1 Å². The standard InChI is InChI=1S/C23H25F2N5O3/c1-13-3-4-15(9-26-13)20-17(14(2)33-30-20)10-32-19-6-5-18(28-29-19)21(31)27-16-7-22(8-16)11-23(24,25)12-22/h3-6,9,16,18,28H,7-8,10-12H2,1-2H3,(H,27,31). The molecule has 2 N–H and O–H groups in total. The Kier molecular flexibility index (Phi) is 5.18. The third-order valence-electron chi connectivity index (χ3n) is 6.53. The van der Waals surface area contributed by atoms with Crippen LogP contribution in [-0.4, -0.2) is 40.0 Å². The van der Waals surface area contributed by atoms with Crippen molar-refractivity contribution in [2.75, 3.05) is 0 Å². The van der Waals surface area contributed by atoms with Crippen LogP contribution in [0.2, 0.25) is 0 Å². The second kappa shape index (κ2) is 7.93. The molecule has 1 atom stereocenters. The molecule has 33 heavy (non-hydrogen) atoms. The van der Waals surface area contributed by atoms with Gasteiger partial charge in [0.1, 0.15) is 24.1 Å². The SMILES string of the molecule is Cc1ccc(-c2noc(C)c2COC2=NNC(C(=O)NC3CC4(C3)CC(F)(F)C4)C=C2)cn1. The van der Waals surface area contributed by atoms with Gasteiger partial charge in [-0.25, -0.2) is 8.78 Å². The predicted octanol–water partition coefficient (Wildman–Crippen LogP) is 3.41. The van der Waals surface area contributed by atoms with Crippen molar-refractivity contribution in [2.24, 2.45) is 10.5 Å². The van der Waals surface area contributed by atoms with E-state index in [2.05, 4.69) is 26.0 Å². The Hall–Kier alpha value is -3.30. The van der Waals surface area contributed by atoms with Crippen molar-refractivity contribution in [1.82, 2.24) is 20.9 Å². The molecule has 1 aliphatic heterocycles. The van der Waals surface area contributed by atoms with Crippen LogP contribution in [0.5, 0.6) is 0 Å². The number of nitrogens with zero attached hydrogens (tertiary/aromatic N) is 3. The number of hydrogen-bond donors (Lipinski definition) is 2. The zero-order valence-electron chi connectivity index (χ0n) is 18.4. The molecule has 2 aromatic rings. The van der Waals surface area contributed by atoms with Crippen LogP contribution in [0.4, 0.5) is 8.78 Å². The molecule has 0 radical (unpaired) electrons. The van der Waals surface area contributed by atoms with Crippen LogP contribution < -0.4 is 10.7 Å². The van der Waals surface area contributed by atoms with Gasteiger partial charge in [-0.1, -0.05) is 5.16 Å². The van der Waals surface area contributed by atoms with E-state index in [9.17, 15) is 13.6 Å². The normalized spacial score (nSPS) is 22.7. The quantitative estimate of drug-likeness (QED) is 0.714. The minimum absolute atomic E-state index is 0.0586. The maximum absolute atomic E-state index is 13.1. The highest BCUT2D eigenvalue weighted by atomic mass is 19.3. The number of carbonyl (C=O) groups is 1. The fourth-order valence-electron chi connectivity index (χ4n) is 4.87. The number of rotatable bonds is 5. The topological polar surface area (TPSA) is 102 Å². The monoisotopic (exact) mass is 457 g/mol. The van der Waals surface area contributed by atoms with E-state index >= 15 is 0 Å². The molecule has 1 spiro atoms. The Balaban J connectivity index is 1.12. The number of carbonyl (C=O) groups excluding carboxylic acids is 1. The number of hydrazone groups is 1. The van der Waals surface area contributed by atoms with Crippen LogP contribution in [0.15, 0.2) is 40.1 Å². The largest absolute Gasteiger partial charge is 0.472 e. The fraction of sp³-hybridized carbons (Fsp3) is 0.478. The number of hydrogen-bond acceptors (Lipinski definition) is 7. The van der Waals surface area contributed by atoms with Gasteiger partial charge in [-0.3, -0.25) is 15.2 Å². The van der Waals surface area contributed by atoms with Crippen molar-refractivity contribution >= 4 is 11.8 Å². The molecule has 10 heteroatoms. The number of nitrogens with one attached hydrogen (secondary N) is 2. The summed E-state index contributed by atoms with van der Waals surface area (Å²) in [5.41, 5.74) is 5.69. The van der Waals surface area contributed by atoms with Gasteiger partial charge in [-0.15, -0.1) is 5.10 Å². The molecule has 0 saturated heterocycles. The highest BCUT2D eigenvalue weighted by Gasteiger charge is 2.62. The van der Waals surface area contributed by atoms with E-state index in [0.717, 1.165) is 16.8 Å². The van der Waals surface area contributed by atoms with E-state index in [1.807, 2.05) is 26.0 Å². The first-order chi connectivity index (χ1) is 15.7. The van der Waals surface area contributed by atoms with Crippen molar-refractivity contribution < 1.29 is 22.8 Å². The molecule has 2 saturated carbocycles. The molecule has 3 heterocycles. The summed E-state index contributed by atoms with van der Waals surface area (Å²) in [4.78, 5) is 16.8. The molecule has 2 aliphatic carbocycles. The highest BCUT2D eigenvalue weighted by Crippen LogP contribution is 2.62. The minimum atomic E-state index is -2.53. The molecule has 8 nitrogen and oxygen atoms in total. The van der Waals surface area contributed by atoms with Gasteiger partial charge in [-0.2, -0.15) is 0 Å². The summed E-state index contributed by atoms with van der Waals surface area (Å²) in [6.45, 7) is 3.91. The number of aryl methyl sites for hydroxylation is 2. The van der Waals surface area contributed by atoms with Crippen molar-refractivity contribution in [3.8, 4) is 11.3 Å². The van der Waals surface area contributed by atoms with E-state index in [-0.39, 0.29) is 36.8 Å². The van der Waals surface area contributed by atoms with Crippen LogP contribution in [0, 0.1) is 19.3 Å². The first-order valence-electron chi connectivity index (χ1n) is 10.9. The number of amides is 1. The fourth-order valence-corrected chi connectivity index (χ4v) is 4.87. The van der Waals surface area contributed by atoms with Gasteiger partial charge in [0.15, 0.2) is 0 Å². The number of halogens is 2. The zero-order chi connectivity index (χ0) is 23.2. The van der Waals surface area contributed by atoms with Gasteiger partial charge in [0.2, 0.25) is 17.7 Å². The molecule has 3 aliphatic rings. The van der Waals surface area contributed by atoms with Gasteiger partial charge in [0.05, 0.1) is 5.56 Å². The lowest BCUT2D eigenvalue weighted by atomic mass is 9.52. The average molecular weight is 457 g/mol. The lowest BCUT2D eigenvalue weighted by Gasteiger charge is -2.57. The van der Waals surface area contributed by atoms with E-state index in [4.69, 9.17) is 9.26 Å². The third kappa shape index (κ3) is 4.34. The van der Waals surface area contributed by atoms with E-state index in [1.54, 1.807) is 18.3 Å². The van der Waals surface area contributed by atoms with Gasteiger partial charge in [0, 0.05) is 42.4 Å². The maximum Gasteiger partial charge on any atom is 0.249 e. The molecule has 0 bridgehead atoms. The third-order valence-corrected chi connectivity index (χ3v) is 6.53. The predicted molar refractivity (Wildman–Crippen MR) is 115 cm³/mol. The Bertz CT molecular complexity index is 1110. The number of aromatic nitrogens is 2. The second-order valence-electron chi connectivity index (χ2n) is 9.28. The molecule has 174 valence electrons. The molecule has 1 unspecified atom stereocenters. The van der Waals surface area contributed by atoms with Crippen molar-refractivity contribution in [3.05, 3.63) is 47.5 Å². The van der Waals surface area contributed by atoms with Crippen LogP contribution in [0.25, 0.3) is 11.3 Å². The Morgan fingerprint density at radius 3 is 2.73 bits per heavy atom. The molecule has 0 aromatic carbocycles. The van der Waals surface area contributed by atoms with Gasteiger partial charge < -0.3 is 14.6 Å². The number of alkyl halides is 2. The number of pyridine rings is 1. The molecule has 2 fully saturated rings. The van der Waals surface area contributed by atoms with Crippen molar-refractivity contribution in [1.29, 1.82) is 0 Å². The molecular weight excluding hydrogens is 432 g/mol. The van der Waals surface area contributed by atoms with Crippen LogP contribution in [0.3, 0.4) is 0 Å². The summed E-state index contributed by atoms with van der Waals surface area (Å²) in [5, 5.41) is 11.2. The zero-order valence-corrected chi connectivity index (χ0v) is 18.4. The van der Waals surface area contributed by atoms with Gasteiger partial charge >= 0.3 is 0 Å². The molecule has 5 rings (SSSR count). The first-order valence-corrected chi connectivity index (χ1v) is 10.9. The van der Waals surface area contributed by atoms with Gasteiger partial charge in [-0.05, 0) is 50.3 Å². The highest BCUT2D eigenvalue weighted by molar-refractivity contribution is 5.92. The molecular formula is C23H25F2N5O3. The van der Waals surface area contributed by atoms with E-state index in [1.165, 1.54) is 0 Å². The van der Waals surface area contributed by atoms with E-state index < -0.39 is 12.0 Å². The summed E-state index contributed by atoms with van der Waals surface area (Å²) in [6, 6.07) is 3.13. The molecule has 1 amide bonds. The smallest absolute Gasteiger partial charge is 0.249 e. The lowest BCUT2D eigenvalue weighted by Crippen LogP contribution is -2.61. The van der Waals surface area contributed by atoms with Crippen LogP contribution in [0.1, 0.15) is 42.7 Å². The second-order valence-corrected chi connectivity index (χ2v) is 9.28. The molecule has 2 aromatic heterocycles.